The summed E-state index contributed by atoms with van der Waals surface area (Å²) in [5.74, 6) is 0. The molecule has 0 aliphatic carbocycles. The van der Waals surface area contributed by atoms with Crippen molar-refractivity contribution < 1.29 is 23.0 Å². The Morgan fingerprint density at radius 2 is 2.06 bits per heavy atom. The molecule has 0 amide bonds. The Morgan fingerprint density at radius 3 is 2.61 bits per heavy atom. The molecule has 0 fully saturated rings. The molecule has 102 valence electrons. The van der Waals surface area contributed by atoms with Crippen molar-refractivity contribution in [3.63, 3.8) is 0 Å². The maximum Gasteiger partial charge on any atom is 0.551 e. The molecule has 0 radical (unpaired) electrons. The van der Waals surface area contributed by atoms with Gasteiger partial charge in [-0.1, -0.05) is 0 Å². The first-order valence-corrected chi connectivity index (χ1v) is 7.03. The van der Waals surface area contributed by atoms with Crippen LogP contribution in [0.2, 0.25) is 0 Å². The zero-order chi connectivity index (χ0) is 13.4. The summed E-state index contributed by atoms with van der Waals surface area (Å²) in [4.78, 5) is 0. The van der Waals surface area contributed by atoms with Crippen molar-refractivity contribution in [3.05, 3.63) is 23.6 Å². The molecule has 0 bridgehead atoms. The lowest BCUT2D eigenvalue weighted by Crippen LogP contribution is -1.98. The van der Waals surface area contributed by atoms with Crippen molar-refractivity contribution in [3.8, 4) is 0 Å². The molecule has 0 saturated carbocycles. The molecule has 1 heterocycles. The number of rotatable bonds is 7. The largest absolute Gasteiger partial charge is 0.551 e. The topological polar surface area (TPSA) is 78.7 Å². The van der Waals surface area contributed by atoms with E-state index in [1.54, 1.807) is 26.2 Å². The highest BCUT2D eigenvalue weighted by Crippen LogP contribution is 2.49. The van der Waals surface area contributed by atoms with E-state index in [2.05, 4.69) is 10.4 Å². The first-order valence-electron chi connectivity index (χ1n) is 5.57. The highest BCUT2D eigenvalue weighted by molar-refractivity contribution is 7.48. The van der Waals surface area contributed by atoms with Crippen LogP contribution in [0.3, 0.4) is 0 Å². The minimum absolute atomic E-state index is 0.195. The van der Waals surface area contributed by atoms with Crippen LogP contribution >= 0.6 is 7.82 Å². The monoisotopic (exact) mass is 276 g/mol. The van der Waals surface area contributed by atoms with Crippen LogP contribution in [-0.2, 0) is 23.0 Å². The number of phosphoric ester groups is 1. The third-order valence-corrected chi connectivity index (χ3v) is 3.20. The SMILES string of the molecule is CCOP(=O)(OCC)ON=NC1=CC(C)=COC1. The molecule has 0 N–H and O–H groups in total. The Balaban J connectivity index is 2.57. The standard InChI is InChI=1S/C10H17N2O5P/c1-4-15-18(13,16-5-2)17-12-11-10-6-9(3)7-14-8-10/h6-7H,4-5,8H2,1-3H3. The van der Waals surface area contributed by atoms with E-state index in [9.17, 15) is 4.57 Å². The number of ether oxygens (including phenoxy) is 1. The first kappa shape index (κ1) is 14.9. The predicted molar refractivity (Wildman–Crippen MR) is 64.6 cm³/mol. The van der Waals surface area contributed by atoms with E-state index in [0.717, 1.165) is 5.57 Å². The number of hydrogen-bond acceptors (Lipinski definition) is 7. The van der Waals surface area contributed by atoms with Gasteiger partial charge < -0.3 is 4.74 Å². The molecule has 7 nitrogen and oxygen atoms in total. The van der Waals surface area contributed by atoms with Gasteiger partial charge in [-0.2, -0.15) is 0 Å². The quantitative estimate of drug-likeness (QED) is 0.404. The molecule has 1 aliphatic heterocycles. The van der Waals surface area contributed by atoms with Gasteiger partial charge in [0.1, 0.15) is 12.3 Å². The molecule has 0 aromatic rings. The Labute approximate surface area is 106 Å². The maximum atomic E-state index is 11.8. The Kier molecular flexibility index (Phi) is 6.04. The summed E-state index contributed by atoms with van der Waals surface area (Å²) in [5.41, 5.74) is 1.47. The van der Waals surface area contributed by atoms with E-state index in [-0.39, 0.29) is 19.8 Å². The van der Waals surface area contributed by atoms with E-state index in [1.807, 2.05) is 6.92 Å². The molecular weight excluding hydrogens is 259 g/mol. The number of hydrogen-bond donors (Lipinski definition) is 0. The Morgan fingerprint density at radius 1 is 1.39 bits per heavy atom. The first-order chi connectivity index (χ1) is 8.59. The van der Waals surface area contributed by atoms with Crippen molar-refractivity contribution in [2.75, 3.05) is 19.8 Å². The van der Waals surface area contributed by atoms with Gasteiger partial charge >= 0.3 is 7.82 Å². The van der Waals surface area contributed by atoms with Crippen LogP contribution in [0.25, 0.3) is 0 Å². The van der Waals surface area contributed by atoms with Gasteiger partial charge in [0.2, 0.25) is 0 Å². The highest BCUT2D eigenvalue weighted by atomic mass is 31.2. The van der Waals surface area contributed by atoms with E-state index >= 15 is 0 Å². The van der Waals surface area contributed by atoms with Gasteiger partial charge in [-0.15, -0.1) is 5.11 Å². The van der Waals surface area contributed by atoms with Crippen LogP contribution < -0.4 is 0 Å². The molecule has 0 saturated heterocycles. The molecule has 1 rings (SSSR count). The van der Waals surface area contributed by atoms with Crippen LogP contribution in [0.15, 0.2) is 34.0 Å². The lowest BCUT2D eigenvalue weighted by molar-refractivity contribution is 0.117. The van der Waals surface area contributed by atoms with Gasteiger partial charge in [0, 0.05) is 5.28 Å². The lowest BCUT2D eigenvalue weighted by atomic mass is 10.2. The number of phosphoric acid groups is 1. The Hall–Kier alpha value is -1.17. The summed E-state index contributed by atoms with van der Waals surface area (Å²) in [7, 11) is -3.65. The van der Waals surface area contributed by atoms with Crippen molar-refractivity contribution in [2.45, 2.75) is 20.8 Å². The summed E-state index contributed by atoms with van der Waals surface area (Å²) in [6, 6.07) is 0. The third kappa shape index (κ3) is 5.00. The highest BCUT2D eigenvalue weighted by Gasteiger charge is 2.27. The fourth-order valence-electron chi connectivity index (χ4n) is 1.17. The van der Waals surface area contributed by atoms with Gasteiger partial charge in [-0.25, -0.2) is 4.57 Å². The van der Waals surface area contributed by atoms with Crippen LogP contribution in [0, 0.1) is 0 Å². The van der Waals surface area contributed by atoms with E-state index < -0.39 is 7.82 Å². The molecule has 0 aromatic carbocycles. The second kappa shape index (κ2) is 7.31. The zero-order valence-corrected chi connectivity index (χ0v) is 11.6. The van der Waals surface area contributed by atoms with Crippen LogP contribution in [0.1, 0.15) is 20.8 Å². The smallest absolute Gasteiger partial charge is 0.495 e. The van der Waals surface area contributed by atoms with Crippen molar-refractivity contribution in [1.82, 2.24) is 0 Å². The van der Waals surface area contributed by atoms with Crippen LogP contribution in [-0.4, -0.2) is 19.8 Å². The van der Waals surface area contributed by atoms with Gasteiger partial charge in [-0.05, 0) is 32.4 Å². The second-order valence-electron chi connectivity index (χ2n) is 3.35. The molecule has 8 heteroatoms. The molecule has 1 aliphatic rings. The predicted octanol–water partition coefficient (Wildman–Crippen LogP) is 3.37. The summed E-state index contributed by atoms with van der Waals surface area (Å²) in [5, 5.41) is 7.12. The van der Waals surface area contributed by atoms with Crippen molar-refractivity contribution >= 4 is 7.82 Å². The molecule has 0 aromatic heterocycles. The normalized spacial score (nSPS) is 16.2. The summed E-state index contributed by atoms with van der Waals surface area (Å²) < 4.78 is 31.4. The molecule has 0 unspecified atom stereocenters. The molecule has 18 heavy (non-hydrogen) atoms. The fourth-order valence-corrected chi connectivity index (χ4v) is 2.10. The third-order valence-electron chi connectivity index (χ3n) is 1.77. The minimum atomic E-state index is -3.65. The van der Waals surface area contributed by atoms with Gasteiger partial charge in [0.25, 0.3) is 0 Å². The van der Waals surface area contributed by atoms with E-state index in [4.69, 9.17) is 18.4 Å². The Bertz CT molecular complexity index is 395. The summed E-state index contributed by atoms with van der Waals surface area (Å²) >= 11 is 0. The van der Waals surface area contributed by atoms with Gasteiger partial charge in [0.05, 0.1) is 19.5 Å². The minimum Gasteiger partial charge on any atom is -0.495 e. The molecule has 0 atom stereocenters. The average Bonchev–Trinajstić information content (AvgIpc) is 2.29. The van der Waals surface area contributed by atoms with E-state index in [1.165, 1.54) is 0 Å². The summed E-state index contributed by atoms with van der Waals surface area (Å²) in [6.45, 7) is 5.90. The van der Waals surface area contributed by atoms with Gasteiger partial charge in [-0.3, -0.25) is 13.7 Å². The van der Waals surface area contributed by atoms with E-state index in [0.29, 0.717) is 5.70 Å². The van der Waals surface area contributed by atoms with Crippen molar-refractivity contribution in [2.24, 2.45) is 10.4 Å². The fraction of sp³-hybridized carbons (Fsp3) is 0.600. The van der Waals surface area contributed by atoms with Gasteiger partial charge in [0.15, 0.2) is 0 Å². The lowest BCUT2D eigenvalue weighted by Gasteiger charge is -2.12. The molecule has 0 spiro atoms. The van der Waals surface area contributed by atoms with Crippen molar-refractivity contribution in [1.29, 1.82) is 0 Å². The molecular formula is C10H17N2O5P. The second-order valence-corrected chi connectivity index (χ2v) is 4.93. The zero-order valence-electron chi connectivity index (χ0n) is 10.7. The number of allylic oxidation sites excluding steroid dienone is 2. The summed E-state index contributed by atoms with van der Waals surface area (Å²) in [6.07, 6.45) is 3.40. The maximum absolute atomic E-state index is 11.8. The number of nitrogens with zero attached hydrogens (tertiary/aromatic N) is 2. The van der Waals surface area contributed by atoms with Crippen LogP contribution in [0.4, 0.5) is 0 Å². The van der Waals surface area contributed by atoms with Crippen LogP contribution in [0.5, 0.6) is 0 Å². The average molecular weight is 276 g/mol.